The highest BCUT2D eigenvalue weighted by Gasteiger charge is 2.11. The monoisotopic (exact) mass is 278 g/mol. The topological polar surface area (TPSA) is 50.7 Å². The zero-order valence-electron chi connectivity index (χ0n) is 12.5. The Labute approximate surface area is 124 Å². The van der Waals surface area contributed by atoms with Gasteiger partial charge in [0.05, 0.1) is 16.9 Å². The molecule has 3 rings (SSSR count). The van der Waals surface area contributed by atoms with Crippen LogP contribution in [-0.2, 0) is 0 Å². The maximum Gasteiger partial charge on any atom is 0.152 e. The fourth-order valence-electron chi connectivity index (χ4n) is 2.30. The molecule has 2 aromatic heterocycles. The van der Waals surface area contributed by atoms with Crippen molar-refractivity contribution in [1.29, 1.82) is 0 Å². The van der Waals surface area contributed by atoms with Crippen LogP contribution in [0.1, 0.15) is 18.3 Å². The molecule has 0 saturated carbocycles. The third-order valence-corrected chi connectivity index (χ3v) is 3.52. The second kappa shape index (κ2) is 5.48. The number of hydrogen-bond acceptors (Lipinski definition) is 4. The Morgan fingerprint density at radius 2 is 1.81 bits per heavy atom. The molecule has 4 heteroatoms. The van der Waals surface area contributed by atoms with Gasteiger partial charge < -0.3 is 5.32 Å². The highest BCUT2D eigenvalue weighted by molar-refractivity contribution is 5.84. The average molecular weight is 278 g/mol. The summed E-state index contributed by atoms with van der Waals surface area (Å²) in [6, 6.07) is 10.2. The second-order valence-electron chi connectivity index (χ2n) is 5.04. The van der Waals surface area contributed by atoms with Crippen LogP contribution in [0.25, 0.3) is 22.2 Å². The lowest BCUT2D eigenvalue weighted by Gasteiger charge is -2.12. The molecule has 0 aliphatic heterocycles. The van der Waals surface area contributed by atoms with Gasteiger partial charge in [0, 0.05) is 23.7 Å². The van der Waals surface area contributed by atoms with Gasteiger partial charge in [0.15, 0.2) is 5.82 Å². The Hall–Kier alpha value is -2.49. The van der Waals surface area contributed by atoms with Crippen molar-refractivity contribution in [2.24, 2.45) is 0 Å². The largest absolute Gasteiger partial charge is 0.369 e. The summed E-state index contributed by atoms with van der Waals surface area (Å²) in [7, 11) is 0. The van der Waals surface area contributed by atoms with Crippen molar-refractivity contribution < 1.29 is 0 Å². The predicted octanol–water partition coefficient (Wildman–Crippen LogP) is 3.74. The Morgan fingerprint density at radius 3 is 2.62 bits per heavy atom. The molecule has 0 atom stereocenters. The first-order valence-electron chi connectivity index (χ1n) is 7.13. The maximum atomic E-state index is 4.70. The van der Waals surface area contributed by atoms with E-state index in [1.807, 2.05) is 38.2 Å². The van der Waals surface area contributed by atoms with Crippen LogP contribution in [0.2, 0.25) is 0 Å². The molecule has 0 amide bonds. The van der Waals surface area contributed by atoms with Crippen LogP contribution in [-0.4, -0.2) is 21.5 Å². The van der Waals surface area contributed by atoms with Crippen molar-refractivity contribution in [3.8, 4) is 11.3 Å². The summed E-state index contributed by atoms with van der Waals surface area (Å²) in [5, 5.41) is 4.40. The van der Waals surface area contributed by atoms with Crippen molar-refractivity contribution >= 4 is 16.7 Å². The summed E-state index contributed by atoms with van der Waals surface area (Å²) in [4.78, 5) is 13.8. The molecule has 0 fully saturated rings. The summed E-state index contributed by atoms with van der Waals surface area (Å²) in [5.74, 6) is 0.817. The number of fused-ring (bicyclic) bond motifs is 1. The third kappa shape index (κ3) is 2.57. The molecule has 0 unspecified atom stereocenters. The van der Waals surface area contributed by atoms with Gasteiger partial charge in [-0.3, -0.25) is 4.98 Å². The van der Waals surface area contributed by atoms with Gasteiger partial charge >= 0.3 is 0 Å². The Kier molecular flexibility index (Phi) is 3.52. The Morgan fingerprint density at radius 1 is 1.05 bits per heavy atom. The molecule has 4 nitrogen and oxygen atoms in total. The van der Waals surface area contributed by atoms with E-state index in [1.54, 1.807) is 0 Å². The van der Waals surface area contributed by atoms with Gasteiger partial charge in [0.1, 0.15) is 5.69 Å². The first kappa shape index (κ1) is 13.5. The summed E-state index contributed by atoms with van der Waals surface area (Å²) < 4.78 is 0. The van der Waals surface area contributed by atoms with E-state index >= 15 is 0 Å². The number of anilines is 1. The summed E-state index contributed by atoms with van der Waals surface area (Å²) >= 11 is 0. The first-order valence-corrected chi connectivity index (χ1v) is 7.13. The van der Waals surface area contributed by atoms with E-state index in [4.69, 9.17) is 4.98 Å². The normalized spacial score (nSPS) is 10.8. The minimum absolute atomic E-state index is 0.811. The van der Waals surface area contributed by atoms with E-state index in [0.29, 0.717) is 0 Å². The zero-order valence-corrected chi connectivity index (χ0v) is 12.5. The molecule has 0 aliphatic rings. The average Bonchev–Trinajstić information content (AvgIpc) is 2.50. The lowest BCUT2D eigenvalue weighted by molar-refractivity contribution is 1.03. The van der Waals surface area contributed by atoms with E-state index in [2.05, 4.69) is 34.3 Å². The van der Waals surface area contributed by atoms with Gasteiger partial charge in [0.2, 0.25) is 0 Å². The number of nitrogens with zero attached hydrogens (tertiary/aromatic N) is 3. The SMILES string of the molecule is CCNc1nc(C)c(C)nc1-c1cnc2ccccc2c1. The number of nitrogens with one attached hydrogen (secondary N) is 1. The Balaban J connectivity index is 2.18. The van der Waals surface area contributed by atoms with Crippen molar-refractivity contribution in [2.45, 2.75) is 20.8 Å². The predicted molar refractivity (Wildman–Crippen MR) is 86.4 cm³/mol. The molecule has 0 aliphatic carbocycles. The number of para-hydroxylation sites is 1. The van der Waals surface area contributed by atoms with E-state index < -0.39 is 0 Å². The molecule has 0 bridgehead atoms. The maximum absolute atomic E-state index is 4.70. The number of aromatic nitrogens is 3. The van der Waals surface area contributed by atoms with E-state index in [-0.39, 0.29) is 0 Å². The fourth-order valence-corrected chi connectivity index (χ4v) is 2.30. The lowest BCUT2D eigenvalue weighted by atomic mass is 10.1. The molecule has 0 saturated heterocycles. The van der Waals surface area contributed by atoms with Gasteiger partial charge in [-0.05, 0) is 32.9 Å². The third-order valence-electron chi connectivity index (χ3n) is 3.52. The number of benzene rings is 1. The van der Waals surface area contributed by atoms with Crippen LogP contribution >= 0.6 is 0 Å². The highest BCUT2D eigenvalue weighted by Crippen LogP contribution is 2.27. The molecule has 0 spiro atoms. The molecule has 0 radical (unpaired) electrons. The lowest BCUT2D eigenvalue weighted by Crippen LogP contribution is -2.06. The van der Waals surface area contributed by atoms with Gasteiger partial charge in [-0.1, -0.05) is 18.2 Å². The highest BCUT2D eigenvalue weighted by atomic mass is 15.0. The molecule has 3 aromatic rings. The van der Waals surface area contributed by atoms with Crippen LogP contribution < -0.4 is 5.32 Å². The molecule has 1 aromatic carbocycles. The van der Waals surface area contributed by atoms with E-state index in [9.17, 15) is 0 Å². The van der Waals surface area contributed by atoms with Crippen LogP contribution in [0, 0.1) is 13.8 Å². The van der Waals surface area contributed by atoms with Gasteiger partial charge in [0.25, 0.3) is 0 Å². The first-order chi connectivity index (χ1) is 10.2. The molecule has 21 heavy (non-hydrogen) atoms. The van der Waals surface area contributed by atoms with E-state index in [1.165, 1.54) is 0 Å². The van der Waals surface area contributed by atoms with Gasteiger partial charge in [-0.2, -0.15) is 0 Å². The van der Waals surface area contributed by atoms with Crippen LogP contribution in [0.4, 0.5) is 5.82 Å². The second-order valence-corrected chi connectivity index (χ2v) is 5.04. The summed E-state index contributed by atoms with van der Waals surface area (Å²) in [6.45, 7) is 6.83. The molecule has 2 heterocycles. The van der Waals surface area contributed by atoms with Crippen molar-refractivity contribution in [3.63, 3.8) is 0 Å². The quantitative estimate of drug-likeness (QED) is 0.793. The number of pyridine rings is 1. The van der Waals surface area contributed by atoms with Crippen molar-refractivity contribution in [1.82, 2.24) is 15.0 Å². The van der Waals surface area contributed by atoms with Crippen LogP contribution in [0.15, 0.2) is 36.5 Å². The van der Waals surface area contributed by atoms with Crippen molar-refractivity contribution in [3.05, 3.63) is 47.9 Å². The summed E-state index contributed by atoms with van der Waals surface area (Å²) in [6.07, 6.45) is 1.86. The minimum atomic E-state index is 0.811. The molecular weight excluding hydrogens is 260 g/mol. The summed E-state index contributed by atoms with van der Waals surface area (Å²) in [5.41, 5.74) is 4.73. The van der Waals surface area contributed by atoms with Crippen LogP contribution in [0.3, 0.4) is 0 Å². The van der Waals surface area contributed by atoms with E-state index in [0.717, 1.165) is 45.9 Å². The smallest absolute Gasteiger partial charge is 0.152 e. The number of hydrogen-bond donors (Lipinski definition) is 1. The van der Waals surface area contributed by atoms with Crippen molar-refractivity contribution in [2.75, 3.05) is 11.9 Å². The fraction of sp³-hybridized carbons (Fsp3) is 0.235. The molecule has 1 N–H and O–H groups in total. The number of aryl methyl sites for hydroxylation is 2. The minimum Gasteiger partial charge on any atom is -0.369 e. The zero-order chi connectivity index (χ0) is 14.8. The Bertz CT molecular complexity index is 796. The van der Waals surface area contributed by atoms with Gasteiger partial charge in [-0.25, -0.2) is 9.97 Å². The van der Waals surface area contributed by atoms with Gasteiger partial charge in [-0.15, -0.1) is 0 Å². The molecule has 106 valence electrons. The standard InChI is InChI=1S/C17H18N4/c1-4-18-17-16(20-11(2)12(3)21-17)14-9-13-7-5-6-8-15(13)19-10-14/h5-10H,4H2,1-3H3,(H,18,21). The molecular formula is C17H18N4. The number of rotatable bonds is 3. The van der Waals surface area contributed by atoms with Crippen LogP contribution in [0.5, 0.6) is 0 Å².